The molecule has 0 N–H and O–H groups in total. The predicted molar refractivity (Wildman–Crippen MR) is 64.7 cm³/mol. The van der Waals surface area contributed by atoms with Gasteiger partial charge in [-0.05, 0) is 18.6 Å². The number of nitrogens with zero attached hydrogens (tertiary/aromatic N) is 4. The lowest BCUT2D eigenvalue weighted by Gasteiger charge is -2.05. The normalized spacial score (nSPS) is 9.68. The number of nitro groups is 1. The van der Waals surface area contributed by atoms with Crippen LogP contribution < -0.4 is 4.74 Å². The first-order chi connectivity index (χ1) is 9.10. The summed E-state index contributed by atoms with van der Waals surface area (Å²) >= 11 is 0. The molecule has 7 heteroatoms. The molecule has 7 nitrogen and oxygen atoms in total. The van der Waals surface area contributed by atoms with E-state index in [1.165, 1.54) is 24.5 Å². The lowest BCUT2D eigenvalue weighted by Crippen LogP contribution is -1.96. The Morgan fingerprint density at radius 3 is 2.74 bits per heavy atom. The molecule has 0 saturated heterocycles. The van der Waals surface area contributed by atoms with Crippen LogP contribution in [-0.4, -0.2) is 14.9 Å². The first kappa shape index (κ1) is 12.4. The summed E-state index contributed by atoms with van der Waals surface area (Å²) in [5.41, 5.74) is 0.752. The Kier molecular flexibility index (Phi) is 3.34. The van der Waals surface area contributed by atoms with E-state index < -0.39 is 4.92 Å². The molecule has 1 aromatic carbocycles. The van der Waals surface area contributed by atoms with E-state index in [1.807, 2.05) is 6.07 Å². The Balaban J connectivity index is 2.32. The van der Waals surface area contributed by atoms with Crippen molar-refractivity contribution in [2.45, 2.75) is 6.92 Å². The summed E-state index contributed by atoms with van der Waals surface area (Å²) in [5, 5.41) is 19.5. The van der Waals surface area contributed by atoms with E-state index in [2.05, 4.69) is 9.97 Å². The van der Waals surface area contributed by atoms with Crippen molar-refractivity contribution in [1.29, 1.82) is 5.26 Å². The third-order valence-electron chi connectivity index (χ3n) is 2.27. The Hall–Kier alpha value is -3.01. The van der Waals surface area contributed by atoms with Crippen LogP contribution in [0.15, 0.2) is 30.6 Å². The molecule has 0 spiro atoms. The minimum absolute atomic E-state index is 0.0783. The first-order valence-corrected chi connectivity index (χ1v) is 5.25. The van der Waals surface area contributed by atoms with Crippen LogP contribution in [0.3, 0.4) is 0 Å². The van der Waals surface area contributed by atoms with Crippen molar-refractivity contribution in [3.63, 3.8) is 0 Å². The number of hydrogen-bond donors (Lipinski definition) is 0. The summed E-state index contributed by atoms with van der Waals surface area (Å²) in [4.78, 5) is 18.0. The number of nitriles is 1. The topological polar surface area (TPSA) is 102 Å². The zero-order valence-corrected chi connectivity index (χ0v) is 9.90. The quantitative estimate of drug-likeness (QED) is 0.617. The second-order valence-corrected chi connectivity index (χ2v) is 3.68. The third kappa shape index (κ3) is 2.81. The molecule has 0 fully saturated rings. The van der Waals surface area contributed by atoms with Gasteiger partial charge in [-0.25, -0.2) is 9.97 Å². The molecule has 1 heterocycles. The molecule has 0 aliphatic heterocycles. The zero-order chi connectivity index (χ0) is 13.8. The molecule has 0 amide bonds. The molecule has 0 unspecified atom stereocenters. The molecule has 1 aromatic heterocycles. The molecule has 0 aliphatic rings. The van der Waals surface area contributed by atoms with Gasteiger partial charge in [-0.15, -0.1) is 0 Å². The number of ether oxygens (including phenoxy) is 1. The molecule has 2 rings (SSSR count). The summed E-state index contributed by atoms with van der Waals surface area (Å²) in [6, 6.07) is 6.41. The van der Waals surface area contributed by atoms with Gasteiger partial charge in [0.05, 0.1) is 17.3 Å². The lowest BCUT2D eigenvalue weighted by molar-refractivity contribution is -0.385. The van der Waals surface area contributed by atoms with Gasteiger partial charge in [0.2, 0.25) is 11.6 Å². The Morgan fingerprint density at radius 1 is 1.37 bits per heavy atom. The maximum atomic E-state index is 10.9. The van der Waals surface area contributed by atoms with Gasteiger partial charge >= 0.3 is 5.69 Å². The molecule has 0 saturated carbocycles. The average molecular weight is 256 g/mol. The Labute approximate surface area is 108 Å². The van der Waals surface area contributed by atoms with E-state index in [-0.39, 0.29) is 23.0 Å². The molecule has 0 radical (unpaired) electrons. The highest BCUT2D eigenvalue weighted by molar-refractivity contribution is 5.49. The largest absolute Gasteiger partial charge is 0.430 e. The van der Waals surface area contributed by atoms with Crippen LogP contribution in [0.25, 0.3) is 0 Å². The minimum atomic E-state index is -0.528. The van der Waals surface area contributed by atoms with Gasteiger partial charge in [0.15, 0.2) is 5.69 Å². The van der Waals surface area contributed by atoms with Gasteiger partial charge in [-0.1, -0.05) is 6.07 Å². The van der Waals surface area contributed by atoms with Crippen molar-refractivity contribution in [3.8, 4) is 17.7 Å². The molecular formula is C12H8N4O3. The van der Waals surface area contributed by atoms with Crippen molar-refractivity contribution in [2.75, 3.05) is 0 Å². The summed E-state index contributed by atoms with van der Waals surface area (Å²) in [5.74, 6) is 0.167. The van der Waals surface area contributed by atoms with E-state index in [9.17, 15) is 10.1 Å². The maximum Gasteiger partial charge on any atom is 0.311 e. The summed E-state index contributed by atoms with van der Waals surface area (Å²) in [6.07, 6.45) is 2.47. The number of benzene rings is 1. The standard InChI is InChI=1S/C12H8N4O3/c1-8-2-3-11(10(4-8)16(17)18)19-12-7-14-9(5-13)6-15-12/h2-4,6-7H,1H3. The number of nitro benzene ring substituents is 1. The number of aryl methyl sites for hydroxylation is 1. The van der Waals surface area contributed by atoms with Gasteiger partial charge in [-0.3, -0.25) is 10.1 Å². The predicted octanol–water partition coefficient (Wildman–Crippen LogP) is 2.36. The monoisotopic (exact) mass is 256 g/mol. The molecule has 2 aromatic rings. The molecule has 0 bridgehead atoms. The molecule has 19 heavy (non-hydrogen) atoms. The van der Waals surface area contributed by atoms with Crippen LogP contribution in [0.2, 0.25) is 0 Å². The van der Waals surface area contributed by atoms with Crippen molar-refractivity contribution < 1.29 is 9.66 Å². The van der Waals surface area contributed by atoms with Crippen molar-refractivity contribution in [2.24, 2.45) is 0 Å². The summed E-state index contributed by atoms with van der Waals surface area (Å²) in [7, 11) is 0. The van der Waals surface area contributed by atoms with E-state index in [0.29, 0.717) is 0 Å². The SMILES string of the molecule is Cc1ccc(Oc2cnc(C#N)cn2)c([N+](=O)[O-])c1. The van der Waals surface area contributed by atoms with Gasteiger partial charge in [-0.2, -0.15) is 5.26 Å². The Morgan fingerprint density at radius 2 is 2.16 bits per heavy atom. The van der Waals surface area contributed by atoms with Gasteiger partial charge in [0, 0.05) is 6.07 Å². The van der Waals surface area contributed by atoms with Crippen molar-refractivity contribution in [1.82, 2.24) is 9.97 Å². The van der Waals surface area contributed by atoms with Crippen LogP contribution in [0.4, 0.5) is 5.69 Å². The number of rotatable bonds is 3. The lowest BCUT2D eigenvalue weighted by atomic mass is 10.2. The molecule has 0 aliphatic carbocycles. The van der Waals surface area contributed by atoms with E-state index in [4.69, 9.17) is 10.00 Å². The highest BCUT2D eigenvalue weighted by Gasteiger charge is 2.16. The fourth-order valence-corrected chi connectivity index (χ4v) is 1.40. The van der Waals surface area contributed by atoms with E-state index in [1.54, 1.807) is 13.0 Å². The maximum absolute atomic E-state index is 10.9. The summed E-state index contributed by atoms with van der Waals surface area (Å²) < 4.78 is 5.30. The minimum Gasteiger partial charge on any atom is -0.430 e. The highest BCUT2D eigenvalue weighted by atomic mass is 16.6. The van der Waals surface area contributed by atoms with Crippen LogP contribution in [0.1, 0.15) is 11.3 Å². The Bertz CT molecular complexity index is 662. The highest BCUT2D eigenvalue weighted by Crippen LogP contribution is 2.30. The van der Waals surface area contributed by atoms with Crippen LogP contribution >= 0.6 is 0 Å². The second kappa shape index (κ2) is 5.10. The summed E-state index contributed by atoms with van der Waals surface area (Å²) in [6.45, 7) is 1.75. The third-order valence-corrected chi connectivity index (χ3v) is 2.27. The smallest absolute Gasteiger partial charge is 0.311 e. The molecular weight excluding hydrogens is 248 g/mol. The molecule has 0 atom stereocenters. The van der Waals surface area contributed by atoms with Gasteiger partial charge in [0.1, 0.15) is 6.07 Å². The van der Waals surface area contributed by atoms with Crippen molar-refractivity contribution in [3.05, 3.63) is 52.0 Å². The number of hydrogen-bond acceptors (Lipinski definition) is 6. The van der Waals surface area contributed by atoms with Gasteiger partial charge in [0.25, 0.3) is 0 Å². The van der Waals surface area contributed by atoms with E-state index >= 15 is 0 Å². The van der Waals surface area contributed by atoms with E-state index in [0.717, 1.165) is 5.56 Å². The van der Waals surface area contributed by atoms with Crippen LogP contribution in [0, 0.1) is 28.4 Å². The first-order valence-electron chi connectivity index (χ1n) is 5.25. The van der Waals surface area contributed by atoms with Crippen molar-refractivity contribution >= 4 is 5.69 Å². The average Bonchev–Trinajstić information content (AvgIpc) is 2.41. The zero-order valence-electron chi connectivity index (χ0n) is 9.90. The van der Waals surface area contributed by atoms with Crippen LogP contribution in [-0.2, 0) is 0 Å². The van der Waals surface area contributed by atoms with Gasteiger partial charge < -0.3 is 4.74 Å². The fourth-order valence-electron chi connectivity index (χ4n) is 1.40. The van der Waals surface area contributed by atoms with Crippen LogP contribution in [0.5, 0.6) is 11.6 Å². The second-order valence-electron chi connectivity index (χ2n) is 3.68. The fraction of sp³-hybridized carbons (Fsp3) is 0.0833. The molecule has 94 valence electrons. The number of aromatic nitrogens is 2.